The van der Waals surface area contributed by atoms with E-state index < -0.39 is 11.4 Å². The Morgan fingerprint density at radius 2 is 2.00 bits per heavy atom. The van der Waals surface area contributed by atoms with Crippen molar-refractivity contribution in [3.05, 3.63) is 29.8 Å². The zero-order valence-electron chi connectivity index (χ0n) is 10.4. The standard InChI is InChI=1S/C14H19NO2/c1-3-10(2)15-12-6-4-11(5-7-12)14(8-9-14)13(16)17/h4-7,10,15H,3,8-9H2,1-2H3,(H,16,17). The van der Waals surface area contributed by atoms with Gasteiger partial charge in [0.1, 0.15) is 0 Å². The SMILES string of the molecule is CCC(C)Nc1ccc(C2(C(=O)O)CC2)cc1. The van der Waals surface area contributed by atoms with Crippen molar-refractivity contribution in [2.45, 2.75) is 44.6 Å². The maximum Gasteiger partial charge on any atom is 0.314 e. The number of nitrogens with one attached hydrogen (secondary N) is 1. The van der Waals surface area contributed by atoms with E-state index in [1.54, 1.807) is 0 Å². The molecule has 0 radical (unpaired) electrons. The van der Waals surface area contributed by atoms with Gasteiger partial charge in [0.25, 0.3) is 0 Å². The third kappa shape index (κ3) is 2.28. The van der Waals surface area contributed by atoms with Crippen molar-refractivity contribution in [2.24, 2.45) is 0 Å². The molecule has 2 N–H and O–H groups in total. The predicted octanol–water partition coefficient (Wildman–Crippen LogP) is 3.01. The van der Waals surface area contributed by atoms with E-state index in [1.807, 2.05) is 24.3 Å². The van der Waals surface area contributed by atoms with Gasteiger partial charge in [-0.3, -0.25) is 4.79 Å². The molecule has 0 spiro atoms. The van der Waals surface area contributed by atoms with Gasteiger partial charge in [0.05, 0.1) is 5.41 Å². The zero-order valence-corrected chi connectivity index (χ0v) is 10.4. The van der Waals surface area contributed by atoms with Crippen LogP contribution in [0.5, 0.6) is 0 Å². The third-order valence-corrected chi connectivity index (χ3v) is 3.62. The fourth-order valence-corrected chi connectivity index (χ4v) is 2.02. The highest BCUT2D eigenvalue weighted by Gasteiger charge is 2.51. The average Bonchev–Trinajstić information content (AvgIpc) is 3.11. The Morgan fingerprint density at radius 3 is 2.41 bits per heavy atom. The molecule has 0 amide bonds. The lowest BCUT2D eigenvalue weighted by molar-refractivity contribution is -0.140. The number of anilines is 1. The van der Waals surface area contributed by atoms with Crippen molar-refractivity contribution < 1.29 is 9.90 Å². The molecule has 2 rings (SSSR count). The van der Waals surface area contributed by atoms with Crippen LogP contribution in [0.2, 0.25) is 0 Å². The van der Waals surface area contributed by atoms with Crippen LogP contribution in [0.4, 0.5) is 5.69 Å². The molecular weight excluding hydrogens is 214 g/mol. The average molecular weight is 233 g/mol. The molecule has 0 heterocycles. The molecular formula is C14H19NO2. The predicted molar refractivity (Wildman–Crippen MR) is 68.4 cm³/mol. The highest BCUT2D eigenvalue weighted by atomic mass is 16.4. The maximum absolute atomic E-state index is 11.2. The molecule has 1 fully saturated rings. The normalized spacial score (nSPS) is 18.5. The topological polar surface area (TPSA) is 49.3 Å². The zero-order chi connectivity index (χ0) is 12.5. The van der Waals surface area contributed by atoms with Crippen molar-refractivity contribution in [1.29, 1.82) is 0 Å². The van der Waals surface area contributed by atoms with Crippen LogP contribution in [0.1, 0.15) is 38.7 Å². The van der Waals surface area contributed by atoms with E-state index in [0.717, 1.165) is 30.5 Å². The smallest absolute Gasteiger partial charge is 0.314 e. The Morgan fingerprint density at radius 1 is 1.41 bits per heavy atom. The molecule has 0 aliphatic heterocycles. The van der Waals surface area contributed by atoms with Crippen molar-refractivity contribution in [2.75, 3.05) is 5.32 Å². The van der Waals surface area contributed by atoms with Crippen molar-refractivity contribution >= 4 is 11.7 Å². The Bertz CT molecular complexity index is 407. The molecule has 17 heavy (non-hydrogen) atoms. The van der Waals surface area contributed by atoms with Gasteiger partial charge in [0.2, 0.25) is 0 Å². The number of benzene rings is 1. The van der Waals surface area contributed by atoms with Gasteiger partial charge in [0, 0.05) is 11.7 Å². The summed E-state index contributed by atoms with van der Waals surface area (Å²) in [5.41, 5.74) is 1.40. The van der Waals surface area contributed by atoms with Gasteiger partial charge in [-0.15, -0.1) is 0 Å². The Kier molecular flexibility index (Phi) is 3.09. The number of rotatable bonds is 5. The number of carboxylic acid groups (broad SMARTS) is 1. The van der Waals surface area contributed by atoms with Crippen LogP contribution in [-0.4, -0.2) is 17.1 Å². The van der Waals surface area contributed by atoms with Gasteiger partial charge in [-0.1, -0.05) is 19.1 Å². The molecule has 92 valence electrons. The first kappa shape index (κ1) is 12.0. The molecule has 1 aliphatic carbocycles. The van der Waals surface area contributed by atoms with E-state index in [-0.39, 0.29) is 0 Å². The lowest BCUT2D eigenvalue weighted by Crippen LogP contribution is -2.19. The van der Waals surface area contributed by atoms with Gasteiger partial charge in [-0.2, -0.15) is 0 Å². The van der Waals surface area contributed by atoms with Gasteiger partial charge in [-0.05, 0) is 43.9 Å². The van der Waals surface area contributed by atoms with Crippen LogP contribution >= 0.6 is 0 Å². The van der Waals surface area contributed by atoms with Crippen LogP contribution in [0.3, 0.4) is 0 Å². The first-order chi connectivity index (χ1) is 8.08. The van der Waals surface area contributed by atoms with Gasteiger partial charge < -0.3 is 10.4 Å². The van der Waals surface area contributed by atoms with E-state index in [2.05, 4.69) is 19.2 Å². The molecule has 0 saturated heterocycles. The number of carbonyl (C=O) groups is 1. The number of aliphatic carboxylic acids is 1. The highest BCUT2D eigenvalue weighted by molar-refractivity contribution is 5.85. The molecule has 3 nitrogen and oxygen atoms in total. The molecule has 1 unspecified atom stereocenters. The number of carboxylic acids is 1. The molecule has 1 aromatic carbocycles. The molecule has 1 atom stereocenters. The van der Waals surface area contributed by atoms with Gasteiger partial charge in [0.15, 0.2) is 0 Å². The minimum Gasteiger partial charge on any atom is -0.481 e. The van der Waals surface area contributed by atoms with Crippen molar-refractivity contribution in [3.63, 3.8) is 0 Å². The largest absolute Gasteiger partial charge is 0.481 e. The Hall–Kier alpha value is -1.51. The molecule has 0 aromatic heterocycles. The minimum atomic E-state index is -0.694. The highest BCUT2D eigenvalue weighted by Crippen LogP contribution is 2.48. The van der Waals surface area contributed by atoms with E-state index in [0.29, 0.717) is 6.04 Å². The Labute approximate surface area is 102 Å². The maximum atomic E-state index is 11.2. The summed E-state index contributed by atoms with van der Waals surface area (Å²) in [6.45, 7) is 4.27. The summed E-state index contributed by atoms with van der Waals surface area (Å²) in [5, 5.41) is 12.6. The Balaban J connectivity index is 2.11. The number of hydrogen-bond acceptors (Lipinski definition) is 2. The van der Waals surface area contributed by atoms with E-state index >= 15 is 0 Å². The van der Waals surface area contributed by atoms with Crippen LogP contribution < -0.4 is 5.32 Å². The monoisotopic (exact) mass is 233 g/mol. The summed E-state index contributed by atoms with van der Waals surface area (Å²) in [6.07, 6.45) is 2.60. The first-order valence-corrected chi connectivity index (χ1v) is 6.19. The second kappa shape index (κ2) is 4.40. The fraction of sp³-hybridized carbons (Fsp3) is 0.500. The molecule has 1 aliphatic rings. The van der Waals surface area contributed by atoms with E-state index in [1.165, 1.54) is 0 Å². The summed E-state index contributed by atoms with van der Waals surface area (Å²) in [6, 6.07) is 8.27. The van der Waals surface area contributed by atoms with Gasteiger partial charge in [-0.25, -0.2) is 0 Å². The first-order valence-electron chi connectivity index (χ1n) is 6.19. The number of hydrogen-bond donors (Lipinski definition) is 2. The molecule has 1 saturated carbocycles. The third-order valence-electron chi connectivity index (χ3n) is 3.62. The van der Waals surface area contributed by atoms with Crippen molar-refractivity contribution in [1.82, 2.24) is 0 Å². The lowest BCUT2D eigenvalue weighted by atomic mass is 9.96. The summed E-state index contributed by atoms with van der Waals surface area (Å²) >= 11 is 0. The molecule has 3 heteroatoms. The molecule has 0 bridgehead atoms. The van der Waals surface area contributed by atoms with Crippen LogP contribution in [0.15, 0.2) is 24.3 Å². The summed E-state index contributed by atoms with van der Waals surface area (Å²) in [5.74, 6) is -0.694. The van der Waals surface area contributed by atoms with E-state index in [9.17, 15) is 9.90 Å². The minimum absolute atomic E-state index is 0.440. The fourth-order valence-electron chi connectivity index (χ4n) is 2.02. The summed E-state index contributed by atoms with van der Waals surface area (Å²) < 4.78 is 0. The molecule has 1 aromatic rings. The van der Waals surface area contributed by atoms with E-state index in [4.69, 9.17) is 0 Å². The van der Waals surface area contributed by atoms with Gasteiger partial charge >= 0.3 is 5.97 Å². The second-order valence-electron chi connectivity index (χ2n) is 4.92. The van der Waals surface area contributed by atoms with Crippen LogP contribution in [-0.2, 0) is 10.2 Å². The summed E-state index contributed by atoms with van der Waals surface area (Å²) in [7, 11) is 0. The van der Waals surface area contributed by atoms with Crippen LogP contribution in [0, 0.1) is 0 Å². The summed E-state index contributed by atoms with van der Waals surface area (Å²) in [4.78, 5) is 11.2. The lowest BCUT2D eigenvalue weighted by Gasteiger charge is -2.15. The van der Waals surface area contributed by atoms with Crippen LogP contribution in [0.25, 0.3) is 0 Å². The van der Waals surface area contributed by atoms with Crippen molar-refractivity contribution in [3.8, 4) is 0 Å². The second-order valence-corrected chi connectivity index (χ2v) is 4.92. The quantitative estimate of drug-likeness (QED) is 0.822.